The second kappa shape index (κ2) is 9.68. The molecule has 1 aliphatic rings. The highest BCUT2D eigenvalue weighted by molar-refractivity contribution is 5.95. The van der Waals surface area contributed by atoms with Crippen molar-refractivity contribution < 1.29 is 4.79 Å². The molecule has 2 aromatic carbocycles. The molecule has 0 aliphatic carbocycles. The summed E-state index contributed by atoms with van der Waals surface area (Å²) in [5.41, 5.74) is 4.15. The van der Waals surface area contributed by atoms with Crippen LogP contribution in [-0.4, -0.2) is 44.0 Å². The molecule has 0 saturated heterocycles. The smallest absolute Gasteiger partial charge is 0.225 e. The van der Waals surface area contributed by atoms with E-state index in [9.17, 15) is 4.79 Å². The van der Waals surface area contributed by atoms with Crippen LogP contribution in [-0.2, 0) is 11.3 Å². The molecule has 3 N–H and O–H groups in total. The fourth-order valence-corrected chi connectivity index (χ4v) is 4.00. The number of rotatable bonds is 6. The number of guanidine groups is 1. The Bertz CT molecular complexity index is 1140. The molecule has 1 amide bonds. The first-order chi connectivity index (χ1) is 15.5. The van der Waals surface area contributed by atoms with Gasteiger partial charge in [-0.3, -0.25) is 4.79 Å². The third-order valence-corrected chi connectivity index (χ3v) is 5.62. The van der Waals surface area contributed by atoms with Crippen molar-refractivity contribution in [1.82, 2.24) is 15.6 Å². The van der Waals surface area contributed by atoms with E-state index in [0.717, 1.165) is 46.0 Å². The SMILES string of the molecule is CCNC(=NCc1cc(N(C)C)nc2ccccc12)NCC1CC(=O)Nc2ccccc21. The Labute approximate surface area is 188 Å². The number of carbonyl (C=O) groups is 1. The van der Waals surface area contributed by atoms with Gasteiger partial charge in [-0.1, -0.05) is 36.4 Å². The maximum absolute atomic E-state index is 12.1. The molecule has 4 rings (SSSR count). The van der Waals surface area contributed by atoms with Crippen LogP contribution in [0.25, 0.3) is 10.9 Å². The van der Waals surface area contributed by atoms with Gasteiger partial charge < -0.3 is 20.9 Å². The number of pyridine rings is 1. The van der Waals surface area contributed by atoms with Crippen molar-refractivity contribution in [3.05, 3.63) is 65.7 Å². The van der Waals surface area contributed by atoms with E-state index < -0.39 is 0 Å². The van der Waals surface area contributed by atoms with E-state index in [4.69, 9.17) is 9.98 Å². The number of hydrogen-bond donors (Lipinski definition) is 3. The number of para-hydroxylation sites is 2. The Balaban J connectivity index is 1.54. The lowest BCUT2D eigenvalue weighted by Crippen LogP contribution is -2.40. The van der Waals surface area contributed by atoms with Crippen LogP contribution < -0.4 is 20.9 Å². The quantitative estimate of drug-likeness (QED) is 0.412. The summed E-state index contributed by atoms with van der Waals surface area (Å²) in [5.74, 6) is 1.81. The van der Waals surface area contributed by atoms with Crippen LogP contribution >= 0.6 is 0 Å². The lowest BCUT2D eigenvalue weighted by Gasteiger charge is -2.26. The number of nitrogens with zero attached hydrogens (tertiary/aromatic N) is 3. The summed E-state index contributed by atoms with van der Waals surface area (Å²) >= 11 is 0. The van der Waals surface area contributed by atoms with Crippen LogP contribution in [0.2, 0.25) is 0 Å². The van der Waals surface area contributed by atoms with Gasteiger partial charge in [-0.25, -0.2) is 9.98 Å². The lowest BCUT2D eigenvalue weighted by atomic mass is 9.90. The van der Waals surface area contributed by atoms with Crippen molar-refractivity contribution in [2.45, 2.75) is 25.8 Å². The van der Waals surface area contributed by atoms with Crippen LogP contribution in [0.3, 0.4) is 0 Å². The minimum atomic E-state index is 0.0527. The highest BCUT2D eigenvalue weighted by atomic mass is 16.1. The molecular weight excluding hydrogens is 400 g/mol. The molecule has 1 aromatic heterocycles. The maximum atomic E-state index is 12.1. The molecule has 7 heteroatoms. The number of benzene rings is 2. The second-order valence-electron chi connectivity index (χ2n) is 8.16. The molecule has 32 heavy (non-hydrogen) atoms. The second-order valence-corrected chi connectivity index (χ2v) is 8.16. The topological polar surface area (TPSA) is 81.7 Å². The molecule has 0 saturated carbocycles. The Morgan fingerprint density at radius 1 is 1.16 bits per heavy atom. The molecule has 2 heterocycles. The maximum Gasteiger partial charge on any atom is 0.225 e. The van der Waals surface area contributed by atoms with Gasteiger partial charge in [0.2, 0.25) is 5.91 Å². The Morgan fingerprint density at radius 2 is 1.94 bits per heavy atom. The summed E-state index contributed by atoms with van der Waals surface area (Å²) in [5, 5.41) is 10.8. The number of amides is 1. The monoisotopic (exact) mass is 430 g/mol. The number of hydrogen-bond acceptors (Lipinski definition) is 4. The van der Waals surface area contributed by atoms with Crippen LogP contribution in [0.1, 0.15) is 30.4 Å². The predicted octanol–water partition coefficient (Wildman–Crippen LogP) is 3.48. The number of aliphatic imine (C=N–C) groups is 1. The number of fused-ring (bicyclic) bond motifs is 2. The van der Waals surface area contributed by atoms with E-state index in [-0.39, 0.29) is 11.8 Å². The van der Waals surface area contributed by atoms with Crippen LogP contribution in [0, 0.1) is 0 Å². The zero-order chi connectivity index (χ0) is 22.5. The highest BCUT2D eigenvalue weighted by Crippen LogP contribution is 2.31. The Morgan fingerprint density at radius 3 is 2.75 bits per heavy atom. The van der Waals surface area contributed by atoms with E-state index in [1.165, 1.54) is 0 Å². The summed E-state index contributed by atoms with van der Waals surface area (Å²) in [6.07, 6.45) is 0.463. The van der Waals surface area contributed by atoms with E-state index in [0.29, 0.717) is 19.5 Å². The van der Waals surface area contributed by atoms with Gasteiger partial charge in [0.1, 0.15) is 5.82 Å². The van der Waals surface area contributed by atoms with Gasteiger partial charge >= 0.3 is 0 Å². The van der Waals surface area contributed by atoms with E-state index in [2.05, 4.69) is 34.1 Å². The Kier molecular flexibility index (Phi) is 6.54. The van der Waals surface area contributed by atoms with Gasteiger partial charge in [-0.15, -0.1) is 0 Å². The number of carbonyl (C=O) groups excluding carboxylic acids is 1. The van der Waals surface area contributed by atoms with Crippen molar-refractivity contribution in [1.29, 1.82) is 0 Å². The highest BCUT2D eigenvalue weighted by Gasteiger charge is 2.24. The van der Waals surface area contributed by atoms with Gasteiger partial charge in [0, 0.05) is 50.6 Å². The molecule has 1 aliphatic heterocycles. The molecule has 166 valence electrons. The first kappa shape index (κ1) is 21.6. The normalized spacial score (nSPS) is 15.8. The average molecular weight is 431 g/mol. The number of anilines is 2. The summed E-state index contributed by atoms with van der Waals surface area (Å²) in [6.45, 7) is 3.97. The van der Waals surface area contributed by atoms with E-state index in [1.807, 2.05) is 62.3 Å². The molecule has 3 aromatic rings. The predicted molar refractivity (Wildman–Crippen MR) is 131 cm³/mol. The molecule has 7 nitrogen and oxygen atoms in total. The standard InChI is InChI=1S/C25H30N6O/c1-4-26-25(28-16-18-14-24(32)30-22-12-8-6-10-20(18)22)27-15-17-13-23(31(2)3)29-21-11-7-5-9-19(17)21/h5-13,18H,4,14-16H2,1-3H3,(H,30,32)(H2,26,27,28). The molecule has 0 spiro atoms. The molecule has 0 radical (unpaired) electrons. The van der Waals surface area contributed by atoms with Crippen molar-refractivity contribution in [3.8, 4) is 0 Å². The van der Waals surface area contributed by atoms with Gasteiger partial charge in [-0.05, 0) is 36.2 Å². The molecule has 1 unspecified atom stereocenters. The molecular formula is C25H30N6O. The summed E-state index contributed by atoms with van der Waals surface area (Å²) in [4.78, 5) is 23.7. The fraction of sp³-hybridized carbons (Fsp3) is 0.320. The van der Waals surface area contributed by atoms with Crippen molar-refractivity contribution in [2.24, 2.45) is 4.99 Å². The zero-order valence-electron chi connectivity index (χ0n) is 18.9. The van der Waals surface area contributed by atoms with Crippen LogP contribution in [0.4, 0.5) is 11.5 Å². The van der Waals surface area contributed by atoms with Gasteiger partial charge in [0.15, 0.2) is 5.96 Å². The molecule has 0 fully saturated rings. The minimum absolute atomic E-state index is 0.0527. The molecule has 1 atom stereocenters. The van der Waals surface area contributed by atoms with Crippen molar-refractivity contribution in [2.75, 3.05) is 37.4 Å². The van der Waals surface area contributed by atoms with Gasteiger partial charge in [0.25, 0.3) is 0 Å². The lowest BCUT2D eigenvalue weighted by molar-refractivity contribution is -0.116. The largest absolute Gasteiger partial charge is 0.363 e. The first-order valence-electron chi connectivity index (χ1n) is 11.0. The molecule has 0 bridgehead atoms. The van der Waals surface area contributed by atoms with Gasteiger partial charge in [-0.2, -0.15) is 0 Å². The first-order valence-corrected chi connectivity index (χ1v) is 11.0. The zero-order valence-corrected chi connectivity index (χ0v) is 18.9. The third-order valence-electron chi connectivity index (χ3n) is 5.62. The Hall–Kier alpha value is -3.61. The van der Waals surface area contributed by atoms with Crippen molar-refractivity contribution in [3.63, 3.8) is 0 Å². The number of aromatic nitrogens is 1. The van der Waals surface area contributed by atoms with Crippen LogP contribution in [0.15, 0.2) is 59.6 Å². The minimum Gasteiger partial charge on any atom is -0.363 e. The summed E-state index contributed by atoms with van der Waals surface area (Å²) in [6, 6.07) is 18.2. The summed E-state index contributed by atoms with van der Waals surface area (Å²) in [7, 11) is 3.99. The third kappa shape index (κ3) is 4.82. The van der Waals surface area contributed by atoms with Crippen molar-refractivity contribution >= 4 is 34.3 Å². The summed E-state index contributed by atoms with van der Waals surface area (Å²) < 4.78 is 0. The average Bonchev–Trinajstić information content (AvgIpc) is 2.80. The fourth-order valence-electron chi connectivity index (χ4n) is 4.00. The van der Waals surface area contributed by atoms with E-state index >= 15 is 0 Å². The van der Waals surface area contributed by atoms with Gasteiger partial charge in [0.05, 0.1) is 12.1 Å². The number of nitrogens with one attached hydrogen (secondary N) is 3. The van der Waals surface area contributed by atoms with Crippen LogP contribution in [0.5, 0.6) is 0 Å². The van der Waals surface area contributed by atoms with E-state index in [1.54, 1.807) is 0 Å².